The second kappa shape index (κ2) is 5.69. The van der Waals surface area contributed by atoms with Gasteiger partial charge in [-0.25, -0.2) is 4.79 Å². The van der Waals surface area contributed by atoms with Gasteiger partial charge in [0.25, 0.3) is 0 Å². The van der Waals surface area contributed by atoms with Gasteiger partial charge in [0.1, 0.15) is 6.54 Å². The third kappa shape index (κ3) is 4.40. The zero-order chi connectivity index (χ0) is 12.0. The van der Waals surface area contributed by atoms with E-state index in [1.165, 1.54) is 0 Å². The van der Waals surface area contributed by atoms with Crippen molar-refractivity contribution in [1.82, 2.24) is 20.8 Å². The average Bonchev–Trinajstić information content (AvgIpc) is 2.61. The summed E-state index contributed by atoms with van der Waals surface area (Å²) in [7, 11) is 0. The Bertz CT molecular complexity index is 376. The Morgan fingerprint density at radius 1 is 1.44 bits per heavy atom. The molecule has 0 atom stereocenters. The minimum absolute atomic E-state index is 0.310. The first-order valence-corrected chi connectivity index (χ1v) is 4.60. The number of carbonyl (C=O) groups is 2. The summed E-state index contributed by atoms with van der Waals surface area (Å²) < 4.78 is 4.73. The largest absolute Gasteiger partial charge is 0.480 e. The summed E-state index contributed by atoms with van der Waals surface area (Å²) in [4.78, 5) is 25.1. The third-order valence-electron chi connectivity index (χ3n) is 1.60. The molecule has 0 spiro atoms. The molecule has 0 bridgehead atoms. The summed E-state index contributed by atoms with van der Waals surface area (Å²) in [6, 6.07) is -0.539. The number of rotatable bonds is 5. The second-order valence-corrected chi connectivity index (χ2v) is 2.98. The quantitative estimate of drug-likeness (QED) is 0.613. The van der Waals surface area contributed by atoms with Crippen molar-refractivity contribution in [3.05, 3.63) is 11.7 Å². The summed E-state index contributed by atoms with van der Waals surface area (Å²) >= 11 is 0. The number of carboxylic acid groups (broad SMARTS) is 1. The molecule has 0 unspecified atom stereocenters. The molecule has 8 heteroatoms. The zero-order valence-corrected chi connectivity index (χ0v) is 8.69. The van der Waals surface area contributed by atoms with Crippen LogP contribution in [0.2, 0.25) is 0 Å². The lowest BCUT2D eigenvalue weighted by Gasteiger charge is -2.03. The van der Waals surface area contributed by atoms with E-state index in [9.17, 15) is 9.59 Å². The molecule has 88 valence electrons. The number of hydrogen-bond acceptors (Lipinski definition) is 5. The van der Waals surface area contributed by atoms with Crippen molar-refractivity contribution in [1.29, 1.82) is 0 Å². The first-order chi connectivity index (χ1) is 7.58. The highest BCUT2D eigenvalue weighted by molar-refractivity contribution is 5.79. The minimum Gasteiger partial charge on any atom is -0.480 e. The van der Waals surface area contributed by atoms with E-state index in [1.807, 2.05) is 0 Å². The van der Waals surface area contributed by atoms with Crippen molar-refractivity contribution in [3.63, 3.8) is 0 Å². The highest BCUT2D eigenvalue weighted by Gasteiger charge is 2.04. The maximum absolute atomic E-state index is 11.0. The number of nitrogens with one attached hydrogen (secondary N) is 2. The lowest BCUT2D eigenvalue weighted by Crippen LogP contribution is -2.39. The van der Waals surface area contributed by atoms with E-state index in [2.05, 4.69) is 20.8 Å². The number of carbonyl (C=O) groups excluding carboxylic acids is 1. The second-order valence-electron chi connectivity index (χ2n) is 2.98. The lowest BCUT2D eigenvalue weighted by atomic mass is 10.4. The van der Waals surface area contributed by atoms with E-state index in [1.54, 1.807) is 6.92 Å². The van der Waals surface area contributed by atoms with Crippen molar-refractivity contribution < 1.29 is 19.2 Å². The zero-order valence-electron chi connectivity index (χ0n) is 8.69. The minimum atomic E-state index is -1.09. The Hall–Kier alpha value is -2.12. The maximum Gasteiger partial charge on any atom is 0.323 e. The number of nitrogens with zero attached hydrogens (tertiary/aromatic N) is 2. The number of urea groups is 1. The molecule has 0 aliphatic heterocycles. The van der Waals surface area contributed by atoms with Crippen LogP contribution in [-0.2, 0) is 11.2 Å². The number of aromatic nitrogens is 2. The highest BCUT2D eigenvalue weighted by atomic mass is 16.5. The van der Waals surface area contributed by atoms with Crippen LogP contribution in [0.4, 0.5) is 4.79 Å². The van der Waals surface area contributed by atoms with E-state index in [0.717, 1.165) is 0 Å². The predicted octanol–water partition coefficient (Wildman–Crippen LogP) is -0.696. The molecule has 0 aliphatic carbocycles. The molecule has 1 aromatic rings. The fourth-order valence-electron chi connectivity index (χ4n) is 0.949. The smallest absolute Gasteiger partial charge is 0.323 e. The first kappa shape index (κ1) is 12.0. The van der Waals surface area contributed by atoms with Gasteiger partial charge in [0.2, 0.25) is 5.89 Å². The van der Waals surface area contributed by atoms with Crippen molar-refractivity contribution in [2.75, 3.05) is 13.1 Å². The van der Waals surface area contributed by atoms with Gasteiger partial charge in [0, 0.05) is 19.9 Å². The van der Waals surface area contributed by atoms with Crippen LogP contribution >= 0.6 is 0 Å². The van der Waals surface area contributed by atoms with E-state index in [-0.39, 0.29) is 0 Å². The van der Waals surface area contributed by atoms with E-state index >= 15 is 0 Å². The average molecular weight is 228 g/mol. The Morgan fingerprint density at radius 3 is 2.75 bits per heavy atom. The van der Waals surface area contributed by atoms with Crippen LogP contribution in [0.25, 0.3) is 0 Å². The molecule has 1 rings (SSSR count). The SMILES string of the molecule is Cc1nc(CCNC(=O)NCC(=O)O)no1. The number of hydrogen-bond donors (Lipinski definition) is 3. The molecule has 16 heavy (non-hydrogen) atoms. The lowest BCUT2D eigenvalue weighted by molar-refractivity contribution is -0.135. The van der Waals surface area contributed by atoms with Gasteiger partial charge in [0.05, 0.1) is 0 Å². The molecule has 2 amide bonds. The van der Waals surface area contributed by atoms with E-state index in [4.69, 9.17) is 9.63 Å². The van der Waals surface area contributed by atoms with Gasteiger partial charge < -0.3 is 20.3 Å². The summed E-state index contributed by atoms with van der Waals surface area (Å²) in [5.41, 5.74) is 0. The fraction of sp³-hybridized carbons (Fsp3) is 0.500. The van der Waals surface area contributed by atoms with Crippen molar-refractivity contribution in [2.45, 2.75) is 13.3 Å². The van der Waals surface area contributed by atoms with Gasteiger partial charge in [0.15, 0.2) is 5.82 Å². The number of carboxylic acids is 1. The van der Waals surface area contributed by atoms with Crippen LogP contribution in [-0.4, -0.2) is 40.3 Å². The molecule has 0 radical (unpaired) electrons. The molecule has 0 fully saturated rings. The van der Waals surface area contributed by atoms with Crippen molar-refractivity contribution in [2.24, 2.45) is 0 Å². The first-order valence-electron chi connectivity index (χ1n) is 4.60. The summed E-state index contributed by atoms with van der Waals surface area (Å²) in [5.74, 6) is -0.134. The third-order valence-corrected chi connectivity index (χ3v) is 1.60. The van der Waals surface area contributed by atoms with Crippen LogP contribution in [0, 0.1) is 6.92 Å². The predicted molar refractivity (Wildman–Crippen MR) is 51.8 cm³/mol. The van der Waals surface area contributed by atoms with Gasteiger partial charge >= 0.3 is 12.0 Å². The molecule has 0 aliphatic rings. The topological polar surface area (TPSA) is 117 Å². The van der Waals surface area contributed by atoms with Gasteiger partial charge in [-0.3, -0.25) is 4.79 Å². The molecule has 3 N–H and O–H groups in total. The molecule has 1 heterocycles. The number of aryl methyl sites for hydroxylation is 1. The normalized spacial score (nSPS) is 9.81. The monoisotopic (exact) mass is 228 g/mol. The molecular weight excluding hydrogens is 216 g/mol. The Balaban J connectivity index is 2.15. The summed E-state index contributed by atoms with van der Waals surface area (Å²) in [5, 5.41) is 16.5. The highest BCUT2D eigenvalue weighted by Crippen LogP contribution is 1.94. The summed E-state index contributed by atoms with van der Waals surface area (Å²) in [6.45, 7) is 1.57. The van der Waals surface area contributed by atoms with E-state index < -0.39 is 18.5 Å². The van der Waals surface area contributed by atoms with Gasteiger partial charge in [-0.1, -0.05) is 5.16 Å². The molecule has 0 saturated heterocycles. The molecule has 8 nitrogen and oxygen atoms in total. The molecule has 0 aromatic carbocycles. The number of aliphatic carboxylic acids is 1. The van der Waals surface area contributed by atoms with Gasteiger partial charge in [-0.15, -0.1) is 0 Å². The van der Waals surface area contributed by atoms with Crippen LogP contribution in [0.3, 0.4) is 0 Å². The van der Waals surface area contributed by atoms with Gasteiger partial charge in [-0.05, 0) is 0 Å². The van der Waals surface area contributed by atoms with Crippen molar-refractivity contribution in [3.8, 4) is 0 Å². The van der Waals surface area contributed by atoms with Crippen LogP contribution < -0.4 is 10.6 Å². The van der Waals surface area contributed by atoms with Crippen molar-refractivity contribution >= 4 is 12.0 Å². The van der Waals surface area contributed by atoms with Crippen LogP contribution in [0.1, 0.15) is 11.7 Å². The van der Waals surface area contributed by atoms with Crippen LogP contribution in [0.15, 0.2) is 4.52 Å². The molecule has 0 saturated carbocycles. The summed E-state index contributed by atoms with van der Waals surface area (Å²) in [6.07, 6.45) is 0.428. The Labute approximate surface area is 91.0 Å². The Morgan fingerprint density at radius 2 is 2.19 bits per heavy atom. The molecular formula is C8H12N4O4. The number of amides is 2. The van der Waals surface area contributed by atoms with Crippen LogP contribution in [0.5, 0.6) is 0 Å². The molecule has 1 aromatic heterocycles. The van der Waals surface area contributed by atoms with E-state index in [0.29, 0.717) is 24.7 Å². The maximum atomic E-state index is 11.0. The Kier molecular flexibility index (Phi) is 4.25. The fourth-order valence-corrected chi connectivity index (χ4v) is 0.949. The standard InChI is InChI=1S/C8H12N4O4/c1-5-11-6(12-16-5)2-3-9-8(15)10-4-7(13)14/h2-4H2,1H3,(H,13,14)(H2,9,10,15). The van der Waals surface area contributed by atoms with Gasteiger partial charge in [-0.2, -0.15) is 4.98 Å².